The van der Waals surface area contributed by atoms with Crippen LogP contribution in [0.25, 0.3) is 11.3 Å². The molecule has 0 spiro atoms. The highest BCUT2D eigenvalue weighted by Crippen LogP contribution is 2.28. The van der Waals surface area contributed by atoms with E-state index in [1.54, 1.807) is 0 Å². The Morgan fingerprint density at radius 1 is 1.11 bits per heavy atom. The predicted octanol–water partition coefficient (Wildman–Crippen LogP) is 4.52. The first-order valence-electron chi connectivity index (χ1n) is 7.91. The third kappa shape index (κ3) is 5.24. The van der Waals surface area contributed by atoms with Gasteiger partial charge in [0.15, 0.2) is 0 Å². The molecule has 0 aliphatic carbocycles. The van der Waals surface area contributed by atoms with Gasteiger partial charge in [-0.3, -0.25) is 4.79 Å². The van der Waals surface area contributed by atoms with Gasteiger partial charge in [-0.15, -0.1) is 11.3 Å². The van der Waals surface area contributed by atoms with Crippen molar-refractivity contribution in [1.82, 2.24) is 10.4 Å². The highest BCUT2D eigenvalue weighted by Gasteiger charge is 2.29. The van der Waals surface area contributed by atoms with Gasteiger partial charge in [-0.05, 0) is 17.7 Å². The van der Waals surface area contributed by atoms with E-state index in [2.05, 4.69) is 15.5 Å². The van der Waals surface area contributed by atoms with Gasteiger partial charge in [0.05, 0.1) is 23.9 Å². The molecule has 1 aromatic heterocycles. The van der Waals surface area contributed by atoms with Crippen LogP contribution in [0.2, 0.25) is 0 Å². The molecule has 0 aliphatic rings. The first kappa shape index (κ1) is 18.8. The number of nitrogens with zero attached hydrogens (tertiary/aromatic N) is 2. The van der Waals surface area contributed by atoms with E-state index in [9.17, 15) is 18.0 Å². The van der Waals surface area contributed by atoms with Crippen molar-refractivity contribution in [2.45, 2.75) is 12.6 Å². The van der Waals surface area contributed by atoms with E-state index in [1.165, 1.54) is 29.7 Å². The molecule has 1 N–H and O–H groups in total. The number of rotatable bonds is 5. The van der Waals surface area contributed by atoms with Crippen LogP contribution in [0.5, 0.6) is 0 Å². The number of hydrazone groups is 1. The monoisotopic (exact) mass is 389 g/mol. The van der Waals surface area contributed by atoms with Crippen LogP contribution in [0.4, 0.5) is 13.2 Å². The van der Waals surface area contributed by atoms with E-state index < -0.39 is 11.7 Å². The fourth-order valence-electron chi connectivity index (χ4n) is 2.25. The normalized spacial score (nSPS) is 11.7. The summed E-state index contributed by atoms with van der Waals surface area (Å²) in [4.78, 5) is 16.3. The number of carbonyl (C=O) groups excluding carboxylic acids is 1. The number of alkyl halides is 3. The molecule has 1 heterocycles. The molecule has 1 amide bonds. The molecule has 138 valence electrons. The zero-order valence-corrected chi connectivity index (χ0v) is 14.7. The lowest BCUT2D eigenvalue weighted by molar-refractivity contribution is -0.137. The summed E-state index contributed by atoms with van der Waals surface area (Å²) in [7, 11) is 0. The minimum Gasteiger partial charge on any atom is -0.273 e. The first-order chi connectivity index (χ1) is 12.9. The average Bonchev–Trinajstić information content (AvgIpc) is 3.10. The van der Waals surface area contributed by atoms with Crippen molar-refractivity contribution in [2.24, 2.45) is 5.10 Å². The second-order valence-electron chi connectivity index (χ2n) is 5.58. The van der Waals surface area contributed by atoms with Crippen molar-refractivity contribution in [2.75, 3.05) is 0 Å². The van der Waals surface area contributed by atoms with Crippen molar-refractivity contribution >= 4 is 23.5 Å². The van der Waals surface area contributed by atoms with Crippen LogP contribution >= 0.6 is 11.3 Å². The average molecular weight is 389 g/mol. The molecule has 3 aromatic rings. The summed E-state index contributed by atoms with van der Waals surface area (Å²) < 4.78 is 37.5. The SMILES string of the molecule is O=C(Cc1nc(-c2ccccc2)cs1)N/N=C\c1ccc(C(F)(F)F)cc1. The zero-order valence-electron chi connectivity index (χ0n) is 13.9. The Bertz CT molecular complexity index is 935. The minimum absolute atomic E-state index is 0.0713. The number of nitrogens with one attached hydrogen (secondary N) is 1. The van der Waals surface area contributed by atoms with Crippen molar-refractivity contribution < 1.29 is 18.0 Å². The molecule has 0 saturated heterocycles. The number of halogens is 3. The molecule has 8 heteroatoms. The Hall–Kier alpha value is -3.00. The zero-order chi connectivity index (χ0) is 19.3. The molecule has 0 unspecified atom stereocenters. The number of carbonyl (C=O) groups is 1. The lowest BCUT2D eigenvalue weighted by atomic mass is 10.1. The van der Waals surface area contributed by atoms with E-state index in [4.69, 9.17) is 0 Å². The molecule has 0 bridgehead atoms. The van der Waals surface area contributed by atoms with Crippen molar-refractivity contribution in [3.8, 4) is 11.3 Å². The molecular weight excluding hydrogens is 375 g/mol. The first-order valence-corrected chi connectivity index (χ1v) is 8.79. The largest absolute Gasteiger partial charge is 0.416 e. The summed E-state index contributed by atoms with van der Waals surface area (Å²) in [5.41, 5.74) is 3.84. The number of aromatic nitrogens is 1. The third-order valence-corrected chi connectivity index (χ3v) is 4.42. The van der Waals surface area contributed by atoms with Crippen LogP contribution in [0, 0.1) is 0 Å². The summed E-state index contributed by atoms with van der Waals surface area (Å²) in [6.45, 7) is 0. The van der Waals surface area contributed by atoms with Gasteiger partial charge in [0.2, 0.25) is 5.91 Å². The van der Waals surface area contributed by atoms with Gasteiger partial charge in [0.1, 0.15) is 5.01 Å². The summed E-state index contributed by atoms with van der Waals surface area (Å²) >= 11 is 1.38. The smallest absolute Gasteiger partial charge is 0.273 e. The lowest BCUT2D eigenvalue weighted by Crippen LogP contribution is -2.19. The molecule has 0 fully saturated rings. The van der Waals surface area contributed by atoms with Crippen LogP contribution in [-0.4, -0.2) is 17.1 Å². The number of amides is 1. The highest BCUT2D eigenvalue weighted by molar-refractivity contribution is 7.10. The molecule has 0 aliphatic heterocycles. The second-order valence-corrected chi connectivity index (χ2v) is 6.52. The van der Waals surface area contributed by atoms with Gasteiger partial charge in [0.25, 0.3) is 0 Å². The molecule has 4 nitrogen and oxygen atoms in total. The van der Waals surface area contributed by atoms with E-state index in [0.717, 1.165) is 23.4 Å². The van der Waals surface area contributed by atoms with Crippen molar-refractivity contribution in [1.29, 1.82) is 0 Å². The van der Waals surface area contributed by atoms with E-state index in [0.29, 0.717) is 10.6 Å². The van der Waals surface area contributed by atoms with Crippen LogP contribution < -0.4 is 5.43 Å². The predicted molar refractivity (Wildman–Crippen MR) is 98.4 cm³/mol. The van der Waals surface area contributed by atoms with Crippen LogP contribution in [-0.2, 0) is 17.4 Å². The number of hydrogen-bond donors (Lipinski definition) is 1. The van der Waals surface area contributed by atoms with Crippen molar-refractivity contribution in [3.63, 3.8) is 0 Å². The second kappa shape index (κ2) is 8.13. The van der Waals surface area contributed by atoms with E-state index in [-0.39, 0.29) is 12.3 Å². The summed E-state index contributed by atoms with van der Waals surface area (Å²) in [5, 5.41) is 6.29. The summed E-state index contributed by atoms with van der Waals surface area (Å²) in [6, 6.07) is 14.1. The van der Waals surface area contributed by atoms with Gasteiger partial charge >= 0.3 is 6.18 Å². The Labute approximate surface area is 157 Å². The Kier molecular flexibility index (Phi) is 5.66. The topological polar surface area (TPSA) is 54.4 Å². The molecular formula is C19H14F3N3OS. The molecule has 0 atom stereocenters. The maximum Gasteiger partial charge on any atom is 0.416 e. The fourth-order valence-corrected chi connectivity index (χ4v) is 3.05. The molecule has 2 aromatic carbocycles. The lowest BCUT2D eigenvalue weighted by Gasteiger charge is -2.05. The van der Waals surface area contributed by atoms with Crippen LogP contribution in [0.3, 0.4) is 0 Å². The van der Waals surface area contributed by atoms with E-state index in [1.807, 2.05) is 35.7 Å². The summed E-state index contributed by atoms with van der Waals surface area (Å²) in [6.07, 6.45) is -3.02. The van der Waals surface area contributed by atoms with Crippen molar-refractivity contribution in [3.05, 3.63) is 76.1 Å². The van der Waals surface area contributed by atoms with Crippen LogP contribution in [0.15, 0.2) is 65.1 Å². The van der Waals surface area contributed by atoms with Gasteiger partial charge in [-0.2, -0.15) is 18.3 Å². The fraction of sp³-hybridized carbons (Fsp3) is 0.105. The van der Waals surface area contributed by atoms with Gasteiger partial charge in [-0.1, -0.05) is 42.5 Å². The maximum atomic E-state index is 12.5. The standard InChI is InChI=1S/C19H14F3N3OS/c20-19(21,22)15-8-6-13(7-9-15)11-23-25-17(26)10-18-24-16(12-27-18)14-4-2-1-3-5-14/h1-9,11-12H,10H2,(H,25,26)/b23-11-. The molecule has 3 rings (SSSR count). The number of hydrogen-bond acceptors (Lipinski definition) is 4. The van der Waals surface area contributed by atoms with Gasteiger partial charge < -0.3 is 0 Å². The maximum absolute atomic E-state index is 12.5. The van der Waals surface area contributed by atoms with Crippen LogP contribution in [0.1, 0.15) is 16.1 Å². The minimum atomic E-state index is -4.38. The van der Waals surface area contributed by atoms with E-state index >= 15 is 0 Å². The Morgan fingerprint density at radius 2 is 1.81 bits per heavy atom. The third-order valence-electron chi connectivity index (χ3n) is 3.57. The summed E-state index contributed by atoms with van der Waals surface area (Å²) in [5.74, 6) is -0.355. The Morgan fingerprint density at radius 3 is 2.48 bits per heavy atom. The Balaban J connectivity index is 1.54. The number of thiazole rings is 1. The highest BCUT2D eigenvalue weighted by atomic mass is 32.1. The molecule has 0 radical (unpaired) electrons. The number of benzene rings is 2. The van der Waals surface area contributed by atoms with Gasteiger partial charge in [0, 0.05) is 10.9 Å². The molecule has 27 heavy (non-hydrogen) atoms. The quantitative estimate of drug-likeness (QED) is 0.515. The van der Waals surface area contributed by atoms with Gasteiger partial charge in [-0.25, -0.2) is 10.4 Å². The molecule has 0 saturated carbocycles.